The van der Waals surface area contributed by atoms with E-state index in [1.807, 2.05) is 13.0 Å². The van der Waals surface area contributed by atoms with Gasteiger partial charge in [0, 0.05) is 28.7 Å². The molecule has 2 heterocycles. The van der Waals surface area contributed by atoms with Crippen molar-refractivity contribution in [2.24, 2.45) is 5.73 Å². The van der Waals surface area contributed by atoms with Crippen LogP contribution in [0.25, 0.3) is 0 Å². The minimum absolute atomic E-state index is 0. The Morgan fingerprint density at radius 2 is 2.07 bits per heavy atom. The normalized spacial score (nSPS) is 13.4. The van der Waals surface area contributed by atoms with E-state index in [1.165, 1.54) is 11.3 Å². The SMILES string of the molecule is CCN1CCc2c(sc(NC(=O)Nc3ccc(C)c(Cl)c3)c2C(N)=O)C1.Cl. The first-order chi connectivity index (χ1) is 12.4. The van der Waals surface area contributed by atoms with Gasteiger partial charge in [0.05, 0.1) is 5.56 Å². The first-order valence-corrected chi connectivity index (χ1v) is 9.59. The summed E-state index contributed by atoms with van der Waals surface area (Å²) in [6.07, 6.45) is 0.759. The molecule has 0 bridgehead atoms. The molecule has 0 spiro atoms. The molecule has 1 aliphatic rings. The molecule has 27 heavy (non-hydrogen) atoms. The zero-order chi connectivity index (χ0) is 18.8. The first-order valence-electron chi connectivity index (χ1n) is 8.40. The third-order valence-corrected chi connectivity index (χ3v) is 6.03. The standard InChI is InChI=1S/C18H21ClN4O2S.ClH/c1-3-23-7-6-12-14(9-23)26-17(15(12)16(20)24)22-18(25)21-11-5-4-10(2)13(19)8-11;/h4-5,8H,3,6-7,9H2,1-2H3,(H2,20,24)(H2,21,22,25);1H. The van der Waals surface area contributed by atoms with Gasteiger partial charge in [-0.2, -0.15) is 0 Å². The second-order valence-corrected chi connectivity index (χ2v) is 7.75. The number of nitrogens with one attached hydrogen (secondary N) is 2. The van der Waals surface area contributed by atoms with Crippen LogP contribution in [0, 0.1) is 6.92 Å². The lowest BCUT2D eigenvalue weighted by atomic mass is 10.0. The highest BCUT2D eigenvalue weighted by Gasteiger charge is 2.27. The van der Waals surface area contributed by atoms with Crippen LogP contribution in [0.1, 0.15) is 33.3 Å². The molecule has 1 aliphatic heterocycles. The van der Waals surface area contributed by atoms with Crippen LogP contribution in [0.5, 0.6) is 0 Å². The molecule has 2 aromatic rings. The van der Waals surface area contributed by atoms with Crippen molar-refractivity contribution in [3.05, 3.63) is 44.8 Å². The molecule has 0 unspecified atom stereocenters. The number of rotatable bonds is 4. The quantitative estimate of drug-likeness (QED) is 0.679. The van der Waals surface area contributed by atoms with Crippen molar-refractivity contribution in [1.82, 2.24) is 4.90 Å². The molecule has 3 amide bonds. The number of halogens is 2. The Bertz CT molecular complexity index is 869. The highest BCUT2D eigenvalue weighted by atomic mass is 35.5. The minimum Gasteiger partial charge on any atom is -0.365 e. The van der Waals surface area contributed by atoms with Gasteiger partial charge in [-0.25, -0.2) is 4.79 Å². The summed E-state index contributed by atoms with van der Waals surface area (Å²) in [5, 5.41) is 6.58. The average Bonchev–Trinajstić information content (AvgIpc) is 2.94. The van der Waals surface area contributed by atoms with Gasteiger partial charge in [-0.05, 0) is 43.1 Å². The molecule has 146 valence electrons. The second kappa shape index (κ2) is 8.93. The molecule has 0 saturated heterocycles. The van der Waals surface area contributed by atoms with E-state index in [0.29, 0.717) is 21.3 Å². The highest BCUT2D eigenvalue weighted by molar-refractivity contribution is 7.17. The van der Waals surface area contributed by atoms with E-state index in [2.05, 4.69) is 22.5 Å². The molecular formula is C18H22Cl2N4O2S. The minimum atomic E-state index is -0.513. The number of fused-ring (bicyclic) bond motifs is 1. The summed E-state index contributed by atoms with van der Waals surface area (Å²) in [5.41, 5.74) is 8.48. The molecule has 0 atom stereocenters. The van der Waals surface area contributed by atoms with E-state index in [0.717, 1.165) is 42.1 Å². The van der Waals surface area contributed by atoms with Crippen LogP contribution in [-0.2, 0) is 13.0 Å². The Kier molecular flexibility index (Phi) is 7.11. The number of amides is 3. The lowest BCUT2D eigenvalue weighted by Gasteiger charge is -2.25. The largest absolute Gasteiger partial charge is 0.365 e. The van der Waals surface area contributed by atoms with Crippen molar-refractivity contribution < 1.29 is 9.59 Å². The summed E-state index contributed by atoms with van der Waals surface area (Å²) >= 11 is 7.50. The van der Waals surface area contributed by atoms with E-state index < -0.39 is 11.9 Å². The Morgan fingerprint density at radius 3 is 2.70 bits per heavy atom. The zero-order valence-corrected chi connectivity index (χ0v) is 17.5. The average molecular weight is 429 g/mol. The molecule has 0 aliphatic carbocycles. The number of hydrogen-bond acceptors (Lipinski definition) is 4. The van der Waals surface area contributed by atoms with Crippen molar-refractivity contribution in [3.63, 3.8) is 0 Å². The predicted molar refractivity (Wildman–Crippen MR) is 114 cm³/mol. The Labute approximate surface area is 173 Å². The molecule has 4 N–H and O–H groups in total. The summed E-state index contributed by atoms with van der Waals surface area (Å²) in [7, 11) is 0. The lowest BCUT2D eigenvalue weighted by molar-refractivity contribution is 0.1000. The molecular weight excluding hydrogens is 407 g/mol. The van der Waals surface area contributed by atoms with Crippen molar-refractivity contribution in [2.45, 2.75) is 26.8 Å². The third kappa shape index (κ3) is 4.73. The number of aryl methyl sites for hydroxylation is 1. The van der Waals surface area contributed by atoms with Gasteiger partial charge in [-0.3, -0.25) is 15.0 Å². The van der Waals surface area contributed by atoms with Gasteiger partial charge in [0.15, 0.2) is 0 Å². The number of hydrogen-bond donors (Lipinski definition) is 3. The van der Waals surface area contributed by atoms with Crippen molar-refractivity contribution in [3.8, 4) is 0 Å². The maximum absolute atomic E-state index is 12.4. The zero-order valence-electron chi connectivity index (χ0n) is 15.1. The summed E-state index contributed by atoms with van der Waals surface area (Å²) in [6, 6.07) is 4.85. The van der Waals surface area contributed by atoms with Gasteiger partial charge in [-0.15, -0.1) is 23.7 Å². The van der Waals surface area contributed by atoms with E-state index in [-0.39, 0.29) is 12.4 Å². The number of primary amides is 1. The number of benzene rings is 1. The number of likely N-dealkylation sites (N-methyl/N-ethyl adjacent to an activating group) is 1. The van der Waals surface area contributed by atoms with Gasteiger partial charge in [0.1, 0.15) is 5.00 Å². The maximum Gasteiger partial charge on any atom is 0.324 e. The topological polar surface area (TPSA) is 87.5 Å². The van der Waals surface area contributed by atoms with Gasteiger partial charge < -0.3 is 11.1 Å². The maximum atomic E-state index is 12.4. The van der Waals surface area contributed by atoms with Gasteiger partial charge in [0.25, 0.3) is 5.91 Å². The molecule has 0 saturated carbocycles. The van der Waals surface area contributed by atoms with Crippen LogP contribution in [0.4, 0.5) is 15.5 Å². The fourth-order valence-electron chi connectivity index (χ4n) is 3.01. The fourth-order valence-corrected chi connectivity index (χ4v) is 4.48. The van der Waals surface area contributed by atoms with Gasteiger partial charge in [-0.1, -0.05) is 24.6 Å². The third-order valence-electron chi connectivity index (χ3n) is 4.49. The van der Waals surface area contributed by atoms with E-state index in [1.54, 1.807) is 12.1 Å². The summed E-state index contributed by atoms with van der Waals surface area (Å²) in [6.45, 7) is 6.59. The first kappa shape index (κ1) is 21.5. The summed E-state index contributed by atoms with van der Waals surface area (Å²) < 4.78 is 0. The molecule has 9 heteroatoms. The predicted octanol–water partition coefficient (Wildman–Crippen LogP) is 4.25. The van der Waals surface area contributed by atoms with Crippen LogP contribution in [-0.4, -0.2) is 29.9 Å². The van der Waals surface area contributed by atoms with E-state index in [4.69, 9.17) is 17.3 Å². The lowest BCUT2D eigenvalue weighted by Crippen LogP contribution is -2.30. The van der Waals surface area contributed by atoms with Crippen LogP contribution in [0.2, 0.25) is 5.02 Å². The Morgan fingerprint density at radius 1 is 1.33 bits per heavy atom. The molecule has 3 rings (SSSR count). The molecule has 0 fully saturated rings. The fraction of sp³-hybridized carbons (Fsp3) is 0.333. The van der Waals surface area contributed by atoms with Crippen molar-refractivity contribution in [1.29, 1.82) is 0 Å². The molecule has 0 radical (unpaired) electrons. The van der Waals surface area contributed by atoms with E-state index >= 15 is 0 Å². The van der Waals surface area contributed by atoms with Crippen LogP contribution in [0.15, 0.2) is 18.2 Å². The van der Waals surface area contributed by atoms with E-state index in [9.17, 15) is 9.59 Å². The number of thiophene rings is 1. The summed E-state index contributed by atoms with van der Waals surface area (Å²) in [4.78, 5) is 27.7. The summed E-state index contributed by atoms with van der Waals surface area (Å²) in [5.74, 6) is -0.513. The van der Waals surface area contributed by atoms with Crippen LogP contribution >= 0.6 is 35.3 Å². The number of nitrogens with two attached hydrogens (primary N) is 1. The van der Waals surface area contributed by atoms with Crippen LogP contribution < -0.4 is 16.4 Å². The van der Waals surface area contributed by atoms with Crippen molar-refractivity contribution >= 4 is 58.0 Å². The number of carbonyl (C=O) groups is 2. The highest BCUT2D eigenvalue weighted by Crippen LogP contribution is 2.37. The molecule has 1 aromatic carbocycles. The number of nitrogens with zero attached hydrogens (tertiary/aromatic N) is 1. The number of urea groups is 1. The molecule has 6 nitrogen and oxygen atoms in total. The number of carbonyl (C=O) groups excluding carboxylic acids is 2. The van der Waals surface area contributed by atoms with Gasteiger partial charge >= 0.3 is 6.03 Å². The monoisotopic (exact) mass is 428 g/mol. The Hall–Kier alpha value is -1.80. The second-order valence-electron chi connectivity index (χ2n) is 6.23. The van der Waals surface area contributed by atoms with Crippen molar-refractivity contribution in [2.75, 3.05) is 23.7 Å². The molecule has 1 aromatic heterocycles. The van der Waals surface area contributed by atoms with Gasteiger partial charge in [0.2, 0.25) is 0 Å². The van der Waals surface area contributed by atoms with Crippen LogP contribution in [0.3, 0.4) is 0 Å². The Balaban J connectivity index is 0.00000261. The smallest absolute Gasteiger partial charge is 0.324 e. The number of anilines is 2.